The van der Waals surface area contributed by atoms with E-state index in [1.54, 1.807) is 0 Å². The molecular formula is C11H26. The van der Waals surface area contributed by atoms with E-state index in [2.05, 4.69) is 26.0 Å². The van der Waals surface area contributed by atoms with Crippen LogP contribution in [0.3, 0.4) is 0 Å². The van der Waals surface area contributed by atoms with Gasteiger partial charge in [-0.1, -0.05) is 59.6 Å². The Morgan fingerprint density at radius 2 is 1.45 bits per heavy atom. The molecule has 0 unspecified atom stereocenters. The normalized spacial score (nSPS) is 7.82. The molecule has 0 amide bonds. The average Bonchev–Trinajstić information content (AvgIpc) is 2.13. The summed E-state index contributed by atoms with van der Waals surface area (Å²) in [7, 11) is 0. The predicted octanol–water partition coefficient (Wildman–Crippen LogP) is 4.81. The first-order valence-corrected chi connectivity index (χ1v) is 5.03. The third-order valence-electron chi connectivity index (χ3n) is 0.960. The second kappa shape index (κ2) is 33.1. The standard InChI is InChI=1S/C7H14.2C2H6/c1-3-5-7-6-4-2;2*1-2/h3,5H,4,6-7H2,1-2H3;2*1-2H3/b5-3-;;. The van der Waals surface area contributed by atoms with Gasteiger partial charge in [0.25, 0.3) is 0 Å². The zero-order chi connectivity index (χ0) is 9.54. The van der Waals surface area contributed by atoms with Gasteiger partial charge in [-0.15, -0.1) is 0 Å². The first-order chi connectivity index (χ1) is 5.41. The Hall–Kier alpha value is -0.260. The van der Waals surface area contributed by atoms with E-state index in [0.29, 0.717) is 0 Å². The molecule has 0 aliphatic rings. The summed E-state index contributed by atoms with van der Waals surface area (Å²) < 4.78 is 0. The minimum atomic E-state index is 1.26. The molecule has 0 heteroatoms. The number of hydrogen-bond donors (Lipinski definition) is 0. The highest BCUT2D eigenvalue weighted by molar-refractivity contribution is 4.75. The van der Waals surface area contributed by atoms with Crippen LogP contribution in [0.15, 0.2) is 12.2 Å². The largest absolute Gasteiger partial charge is 0.0917 e. The Kier molecular flexibility index (Phi) is 51.2. The van der Waals surface area contributed by atoms with Gasteiger partial charge in [-0.05, 0) is 13.3 Å². The average molecular weight is 158 g/mol. The van der Waals surface area contributed by atoms with Gasteiger partial charge in [0, 0.05) is 0 Å². The van der Waals surface area contributed by atoms with Gasteiger partial charge in [0.05, 0.1) is 0 Å². The first kappa shape index (κ1) is 17.0. The van der Waals surface area contributed by atoms with Crippen LogP contribution in [0.2, 0.25) is 0 Å². The van der Waals surface area contributed by atoms with E-state index in [1.165, 1.54) is 19.3 Å². The van der Waals surface area contributed by atoms with E-state index < -0.39 is 0 Å². The summed E-state index contributed by atoms with van der Waals surface area (Å²) in [6.45, 7) is 12.3. The van der Waals surface area contributed by atoms with Gasteiger partial charge in [0.2, 0.25) is 0 Å². The van der Waals surface area contributed by atoms with E-state index >= 15 is 0 Å². The molecule has 0 nitrogen and oxygen atoms in total. The Morgan fingerprint density at radius 1 is 1.00 bits per heavy atom. The molecule has 0 fully saturated rings. The van der Waals surface area contributed by atoms with Gasteiger partial charge in [-0.25, -0.2) is 0 Å². The van der Waals surface area contributed by atoms with Crippen molar-refractivity contribution >= 4 is 0 Å². The van der Waals surface area contributed by atoms with Crippen molar-refractivity contribution in [2.75, 3.05) is 0 Å². The molecular weight excluding hydrogens is 132 g/mol. The van der Waals surface area contributed by atoms with Gasteiger partial charge >= 0.3 is 0 Å². The summed E-state index contributed by atoms with van der Waals surface area (Å²) in [6, 6.07) is 0. The molecule has 0 saturated carbocycles. The molecule has 0 rings (SSSR count). The van der Waals surface area contributed by atoms with Crippen LogP contribution >= 0.6 is 0 Å². The Bertz CT molecular complexity index is 44.0. The molecule has 0 aromatic rings. The summed E-state index contributed by atoms with van der Waals surface area (Å²) in [4.78, 5) is 0. The van der Waals surface area contributed by atoms with Crippen molar-refractivity contribution in [1.82, 2.24) is 0 Å². The lowest BCUT2D eigenvalue weighted by Gasteiger charge is -1.83. The predicted molar refractivity (Wildman–Crippen MR) is 57.0 cm³/mol. The second-order valence-electron chi connectivity index (χ2n) is 1.71. The summed E-state index contributed by atoms with van der Waals surface area (Å²) in [5.41, 5.74) is 0. The van der Waals surface area contributed by atoms with Crippen LogP contribution in [-0.4, -0.2) is 0 Å². The van der Waals surface area contributed by atoms with E-state index in [-0.39, 0.29) is 0 Å². The SMILES string of the molecule is C/C=C\CCCC.CC.CC. The fourth-order valence-corrected chi connectivity index (χ4v) is 0.489. The van der Waals surface area contributed by atoms with Crippen molar-refractivity contribution in [1.29, 1.82) is 0 Å². The van der Waals surface area contributed by atoms with Gasteiger partial charge in [-0.2, -0.15) is 0 Å². The van der Waals surface area contributed by atoms with E-state index in [9.17, 15) is 0 Å². The molecule has 0 aromatic carbocycles. The highest BCUT2D eigenvalue weighted by Crippen LogP contribution is 1.93. The first-order valence-electron chi connectivity index (χ1n) is 5.03. The van der Waals surface area contributed by atoms with Crippen LogP contribution < -0.4 is 0 Å². The quantitative estimate of drug-likeness (QED) is 0.408. The van der Waals surface area contributed by atoms with Gasteiger partial charge in [0.1, 0.15) is 0 Å². The maximum absolute atomic E-state index is 2.21. The van der Waals surface area contributed by atoms with Crippen LogP contribution in [0, 0.1) is 0 Å². The molecule has 0 saturated heterocycles. The van der Waals surface area contributed by atoms with Crippen LogP contribution in [0.1, 0.15) is 60.8 Å². The summed E-state index contributed by atoms with van der Waals surface area (Å²) >= 11 is 0. The molecule has 11 heavy (non-hydrogen) atoms. The fourth-order valence-electron chi connectivity index (χ4n) is 0.489. The zero-order valence-corrected chi connectivity index (χ0v) is 9.28. The lowest BCUT2D eigenvalue weighted by molar-refractivity contribution is 0.814. The molecule has 0 aromatic heterocycles. The van der Waals surface area contributed by atoms with Crippen molar-refractivity contribution in [3.8, 4) is 0 Å². The Balaban J connectivity index is -0.000000138. The number of hydrogen-bond acceptors (Lipinski definition) is 0. The van der Waals surface area contributed by atoms with Crippen LogP contribution in [0.4, 0.5) is 0 Å². The van der Waals surface area contributed by atoms with E-state index in [0.717, 1.165) is 0 Å². The molecule has 70 valence electrons. The van der Waals surface area contributed by atoms with Crippen molar-refractivity contribution in [3.05, 3.63) is 12.2 Å². The molecule has 0 bridgehead atoms. The van der Waals surface area contributed by atoms with Crippen LogP contribution in [0.25, 0.3) is 0 Å². The maximum atomic E-state index is 2.21. The molecule has 0 heterocycles. The third kappa shape index (κ3) is 41.7. The minimum absolute atomic E-state index is 1.26. The smallest absolute Gasteiger partial charge is 0.0351 e. The van der Waals surface area contributed by atoms with Gasteiger partial charge in [-0.3, -0.25) is 0 Å². The minimum Gasteiger partial charge on any atom is -0.0917 e. The highest BCUT2D eigenvalue weighted by atomic mass is 13.8. The highest BCUT2D eigenvalue weighted by Gasteiger charge is 1.73. The zero-order valence-electron chi connectivity index (χ0n) is 9.28. The maximum Gasteiger partial charge on any atom is -0.0351 e. The summed E-state index contributed by atoms with van der Waals surface area (Å²) in [5.74, 6) is 0. The van der Waals surface area contributed by atoms with Gasteiger partial charge < -0.3 is 0 Å². The Morgan fingerprint density at radius 3 is 1.73 bits per heavy atom. The van der Waals surface area contributed by atoms with Crippen molar-refractivity contribution in [2.45, 2.75) is 60.8 Å². The lowest BCUT2D eigenvalue weighted by atomic mass is 10.2. The molecule has 0 aliphatic carbocycles. The van der Waals surface area contributed by atoms with Crippen molar-refractivity contribution in [3.63, 3.8) is 0 Å². The monoisotopic (exact) mass is 158 g/mol. The molecule has 0 atom stereocenters. The van der Waals surface area contributed by atoms with Crippen LogP contribution in [-0.2, 0) is 0 Å². The van der Waals surface area contributed by atoms with Crippen molar-refractivity contribution in [2.24, 2.45) is 0 Å². The fraction of sp³-hybridized carbons (Fsp3) is 0.818. The van der Waals surface area contributed by atoms with Crippen molar-refractivity contribution < 1.29 is 0 Å². The molecule has 0 aliphatic heterocycles. The van der Waals surface area contributed by atoms with Crippen LogP contribution in [0.5, 0.6) is 0 Å². The van der Waals surface area contributed by atoms with Gasteiger partial charge in [0.15, 0.2) is 0 Å². The second-order valence-corrected chi connectivity index (χ2v) is 1.71. The van der Waals surface area contributed by atoms with E-state index in [4.69, 9.17) is 0 Å². The number of unbranched alkanes of at least 4 members (excludes halogenated alkanes) is 2. The molecule has 0 N–H and O–H groups in total. The number of rotatable bonds is 3. The molecule has 0 spiro atoms. The summed E-state index contributed by atoms with van der Waals surface area (Å²) in [6.07, 6.45) is 8.22. The topological polar surface area (TPSA) is 0 Å². The Labute approximate surface area is 73.7 Å². The van der Waals surface area contributed by atoms with E-state index in [1.807, 2.05) is 27.7 Å². The lowest BCUT2D eigenvalue weighted by Crippen LogP contribution is -1.63. The molecule has 0 radical (unpaired) electrons. The summed E-state index contributed by atoms with van der Waals surface area (Å²) in [5, 5.41) is 0. The third-order valence-corrected chi connectivity index (χ3v) is 0.960. The number of allylic oxidation sites excluding steroid dienone is 2.